The van der Waals surface area contributed by atoms with E-state index >= 15 is 0 Å². The molecule has 0 spiro atoms. The minimum absolute atomic E-state index is 0.156. The average Bonchev–Trinajstić information content (AvgIpc) is 2.67. The van der Waals surface area contributed by atoms with Crippen molar-refractivity contribution in [3.8, 4) is 0 Å². The molecular formula is C11H15BrN4O. The number of likely N-dealkylation sites (tertiary alicyclic amines) is 1. The minimum Gasteiger partial charge on any atom is -0.383 e. The van der Waals surface area contributed by atoms with Gasteiger partial charge in [-0.1, -0.05) is 0 Å². The minimum atomic E-state index is -0.156. The van der Waals surface area contributed by atoms with Crippen LogP contribution in [0.2, 0.25) is 0 Å². The van der Waals surface area contributed by atoms with E-state index in [2.05, 4.69) is 31.1 Å². The predicted molar refractivity (Wildman–Crippen MR) is 69.7 cm³/mol. The van der Waals surface area contributed by atoms with Crippen LogP contribution in [0.15, 0.2) is 16.7 Å². The number of nitrogen functional groups attached to an aromatic ring is 1. The molecule has 0 aromatic carbocycles. The number of anilines is 1. The van der Waals surface area contributed by atoms with Gasteiger partial charge in [-0.2, -0.15) is 0 Å². The van der Waals surface area contributed by atoms with Crippen LogP contribution < -0.4 is 11.1 Å². The topological polar surface area (TPSA) is 71.2 Å². The number of amides is 1. The zero-order chi connectivity index (χ0) is 12.4. The second-order valence-corrected chi connectivity index (χ2v) is 5.22. The number of aromatic nitrogens is 1. The molecule has 1 aliphatic rings. The van der Waals surface area contributed by atoms with Gasteiger partial charge < -0.3 is 16.0 Å². The van der Waals surface area contributed by atoms with E-state index in [4.69, 9.17) is 5.73 Å². The van der Waals surface area contributed by atoms with Gasteiger partial charge in [-0.15, -0.1) is 0 Å². The molecule has 1 unspecified atom stereocenters. The molecule has 0 aliphatic carbocycles. The zero-order valence-electron chi connectivity index (χ0n) is 9.61. The second kappa shape index (κ2) is 5.01. The van der Waals surface area contributed by atoms with Crippen molar-refractivity contribution in [2.24, 2.45) is 0 Å². The Morgan fingerprint density at radius 3 is 3.12 bits per heavy atom. The Morgan fingerprint density at radius 2 is 2.47 bits per heavy atom. The maximum Gasteiger partial charge on any atom is 0.255 e. The molecule has 1 aliphatic heterocycles. The summed E-state index contributed by atoms with van der Waals surface area (Å²) in [5, 5.41) is 2.97. The van der Waals surface area contributed by atoms with Crippen molar-refractivity contribution in [2.75, 3.05) is 25.9 Å². The molecule has 1 fully saturated rings. The quantitative estimate of drug-likeness (QED) is 0.849. The molecule has 3 N–H and O–H groups in total. The van der Waals surface area contributed by atoms with E-state index in [1.165, 1.54) is 0 Å². The summed E-state index contributed by atoms with van der Waals surface area (Å²) in [6, 6.07) is 1.89. The smallest absolute Gasteiger partial charge is 0.255 e. The summed E-state index contributed by atoms with van der Waals surface area (Å²) in [5.41, 5.74) is 6.11. The van der Waals surface area contributed by atoms with Crippen LogP contribution in [-0.2, 0) is 0 Å². The summed E-state index contributed by atoms with van der Waals surface area (Å²) in [5.74, 6) is 0.105. The highest BCUT2D eigenvalue weighted by Crippen LogP contribution is 2.16. The van der Waals surface area contributed by atoms with E-state index in [1.54, 1.807) is 12.3 Å². The van der Waals surface area contributed by atoms with Crippen LogP contribution in [0.5, 0.6) is 0 Å². The lowest BCUT2D eigenvalue weighted by atomic mass is 10.2. The molecule has 0 saturated carbocycles. The summed E-state index contributed by atoms with van der Waals surface area (Å²) in [6.45, 7) is 1.89. The van der Waals surface area contributed by atoms with E-state index in [9.17, 15) is 4.79 Å². The van der Waals surface area contributed by atoms with Crippen molar-refractivity contribution in [3.05, 3.63) is 22.3 Å². The molecular weight excluding hydrogens is 284 g/mol. The first-order valence-electron chi connectivity index (χ1n) is 5.46. The Balaban J connectivity index is 2.06. The lowest BCUT2D eigenvalue weighted by Crippen LogP contribution is -2.36. The first kappa shape index (κ1) is 12.3. The number of halogens is 1. The van der Waals surface area contributed by atoms with Crippen molar-refractivity contribution in [3.63, 3.8) is 0 Å². The number of pyridine rings is 1. The number of nitrogens with one attached hydrogen (secondary N) is 1. The molecule has 92 valence electrons. The second-order valence-electron chi connectivity index (χ2n) is 4.31. The van der Waals surface area contributed by atoms with Gasteiger partial charge in [0.2, 0.25) is 0 Å². The summed E-state index contributed by atoms with van der Waals surface area (Å²) in [6.07, 6.45) is 2.55. The largest absolute Gasteiger partial charge is 0.383 e. The van der Waals surface area contributed by atoms with Gasteiger partial charge in [0.25, 0.3) is 5.91 Å². The number of nitrogens with zero attached hydrogens (tertiary/aromatic N) is 2. The molecule has 0 bridgehead atoms. The number of likely N-dealkylation sites (N-methyl/N-ethyl adjacent to an activating group) is 1. The summed E-state index contributed by atoms with van der Waals surface area (Å²) < 4.78 is 0.750. The van der Waals surface area contributed by atoms with Gasteiger partial charge in [-0.3, -0.25) is 4.79 Å². The molecule has 1 aromatic heterocycles. The van der Waals surface area contributed by atoms with E-state index < -0.39 is 0 Å². The van der Waals surface area contributed by atoms with Crippen molar-refractivity contribution < 1.29 is 4.79 Å². The zero-order valence-corrected chi connectivity index (χ0v) is 11.2. The number of carbonyl (C=O) groups is 1. The van der Waals surface area contributed by atoms with Gasteiger partial charge in [-0.25, -0.2) is 4.98 Å². The maximum atomic E-state index is 12.0. The third kappa shape index (κ3) is 2.95. The van der Waals surface area contributed by atoms with Gasteiger partial charge in [0.05, 0.1) is 5.56 Å². The number of carbonyl (C=O) groups excluding carboxylic acids is 1. The van der Waals surface area contributed by atoms with E-state index in [0.29, 0.717) is 5.56 Å². The summed E-state index contributed by atoms with van der Waals surface area (Å²) in [7, 11) is 2.04. The Labute approximate surface area is 109 Å². The van der Waals surface area contributed by atoms with Crippen molar-refractivity contribution in [2.45, 2.75) is 12.5 Å². The highest BCUT2D eigenvalue weighted by atomic mass is 79.9. The van der Waals surface area contributed by atoms with Gasteiger partial charge in [0.1, 0.15) is 5.82 Å². The highest BCUT2D eigenvalue weighted by Gasteiger charge is 2.22. The molecule has 1 saturated heterocycles. The Kier molecular flexibility index (Phi) is 3.63. The monoisotopic (exact) mass is 298 g/mol. The van der Waals surface area contributed by atoms with Crippen LogP contribution in [0.3, 0.4) is 0 Å². The molecule has 17 heavy (non-hydrogen) atoms. The number of hydrogen-bond donors (Lipinski definition) is 2. The predicted octanol–water partition coefficient (Wildman–Crippen LogP) is 0.860. The molecule has 0 radical (unpaired) electrons. The van der Waals surface area contributed by atoms with Crippen LogP contribution in [0.25, 0.3) is 0 Å². The van der Waals surface area contributed by atoms with Gasteiger partial charge in [0, 0.05) is 23.3 Å². The molecule has 1 aromatic rings. The lowest BCUT2D eigenvalue weighted by molar-refractivity contribution is 0.0939. The molecule has 6 heteroatoms. The number of nitrogens with two attached hydrogens (primary N) is 1. The molecule has 2 rings (SSSR count). The normalized spacial score (nSPS) is 20.5. The third-order valence-electron chi connectivity index (χ3n) is 2.86. The van der Waals surface area contributed by atoms with Crippen molar-refractivity contribution >= 4 is 27.7 Å². The fourth-order valence-corrected chi connectivity index (χ4v) is 2.28. The standard InChI is InChI=1S/C11H15BrN4O/c1-16-3-2-8(6-16)15-11(17)9-4-7(12)5-14-10(9)13/h4-5,8H,2-3,6H2,1H3,(H2,13,14)(H,15,17). The molecule has 1 atom stereocenters. The fourth-order valence-electron chi connectivity index (χ4n) is 1.95. The fraction of sp³-hybridized carbons (Fsp3) is 0.455. The summed E-state index contributed by atoms with van der Waals surface area (Å²) in [4.78, 5) is 18.1. The Hall–Kier alpha value is -1.14. The van der Waals surface area contributed by atoms with Gasteiger partial charge in [-0.05, 0) is 42.0 Å². The van der Waals surface area contributed by atoms with Crippen LogP contribution in [0, 0.1) is 0 Å². The molecule has 5 nitrogen and oxygen atoms in total. The Morgan fingerprint density at radius 1 is 1.71 bits per heavy atom. The lowest BCUT2D eigenvalue weighted by Gasteiger charge is -2.13. The first-order chi connectivity index (χ1) is 8.06. The van der Waals surface area contributed by atoms with Crippen molar-refractivity contribution in [1.82, 2.24) is 15.2 Å². The number of hydrogen-bond acceptors (Lipinski definition) is 4. The SMILES string of the molecule is CN1CCC(NC(=O)c2cc(Br)cnc2N)C1. The van der Waals surface area contributed by atoms with E-state index in [1.807, 2.05) is 7.05 Å². The van der Waals surface area contributed by atoms with Crippen LogP contribution >= 0.6 is 15.9 Å². The number of rotatable bonds is 2. The third-order valence-corrected chi connectivity index (χ3v) is 3.29. The maximum absolute atomic E-state index is 12.0. The van der Waals surface area contributed by atoms with Crippen molar-refractivity contribution in [1.29, 1.82) is 0 Å². The van der Waals surface area contributed by atoms with E-state index in [0.717, 1.165) is 24.0 Å². The van der Waals surface area contributed by atoms with E-state index in [-0.39, 0.29) is 17.8 Å². The highest BCUT2D eigenvalue weighted by molar-refractivity contribution is 9.10. The van der Waals surface area contributed by atoms with Crippen LogP contribution in [-0.4, -0.2) is 42.0 Å². The molecule has 2 heterocycles. The van der Waals surface area contributed by atoms with Crippen LogP contribution in [0.4, 0.5) is 5.82 Å². The van der Waals surface area contributed by atoms with Gasteiger partial charge in [0.15, 0.2) is 0 Å². The average molecular weight is 299 g/mol. The Bertz CT molecular complexity index is 437. The molecule has 1 amide bonds. The van der Waals surface area contributed by atoms with Crippen LogP contribution in [0.1, 0.15) is 16.8 Å². The summed E-state index contributed by atoms with van der Waals surface area (Å²) >= 11 is 3.28. The van der Waals surface area contributed by atoms with Gasteiger partial charge >= 0.3 is 0 Å². The first-order valence-corrected chi connectivity index (χ1v) is 6.26.